The second-order valence-electron chi connectivity index (χ2n) is 6.50. The van der Waals surface area contributed by atoms with Crippen molar-refractivity contribution < 1.29 is 71.5 Å². The number of ether oxygens (including phenoxy) is 1. The van der Waals surface area contributed by atoms with Gasteiger partial charge in [-0.15, -0.1) is 12.0 Å². The molecule has 24 heavy (non-hydrogen) atoms. The van der Waals surface area contributed by atoms with Gasteiger partial charge in [0.05, 0.1) is 0 Å². The molecule has 1 aromatic heterocycles. The van der Waals surface area contributed by atoms with Gasteiger partial charge in [0.1, 0.15) is 6.08 Å². The zero-order chi connectivity index (χ0) is 16.3. The summed E-state index contributed by atoms with van der Waals surface area (Å²) >= 11 is 0. The smallest absolute Gasteiger partial charge is 0.913 e. The molecule has 0 amide bonds. The van der Waals surface area contributed by atoms with Gasteiger partial charge in [-0.3, -0.25) is 9.98 Å². The molecule has 0 radical (unpaired) electrons. The summed E-state index contributed by atoms with van der Waals surface area (Å²) in [5, 5.41) is 23.3. The van der Waals surface area contributed by atoms with E-state index < -0.39 is 23.1 Å². The van der Waals surface area contributed by atoms with E-state index in [-0.39, 0.29) is 68.0 Å². The monoisotopic (exact) mass is 311 g/mol. The number of rotatable bonds is 2. The van der Waals surface area contributed by atoms with Gasteiger partial charge in [-0.25, -0.2) is 0 Å². The molecule has 9 heteroatoms. The Morgan fingerprint density at radius 3 is 2.00 bits per heavy atom. The summed E-state index contributed by atoms with van der Waals surface area (Å²) in [6.45, 7) is 10.7. The van der Waals surface area contributed by atoms with Crippen LogP contribution in [0, 0.1) is 6.07 Å². The van der Waals surface area contributed by atoms with Crippen LogP contribution in [0.4, 0.5) is 5.69 Å². The number of nitrogens with zero attached hydrogens (tertiary/aromatic N) is 3. The maximum absolute atomic E-state index is 11.8. The van der Waals surface area contributed by atoms with E-state index in [0.717, 1.165) is 0 Å². The van der Waals surface area contributed by atoms with Gasteiger partial charge in [0.25, 0.3) is 0 Å². The fourth-order valence-electron chi connectivity index (χ4n) is 1.27. The van der Waals surface area contributed by atoms with Gasteiger partial charge in [0, 0.05) is 11.1 Å². The minimum Gasteiger partial charge on any atom is -0.913 e. The minimum atomic E-state index is -0.712. The molecule has 0 fully saturated rings. The largest absolute Gasteiger partial charge is 1.00 e. The molecule has 0 saturated carbocycles. The second kappa shape index (κ2) is 11.3. The first-order valence-corrected chi connectivity index (χ1v) is 6.56. The molecule has 0 N–H and O–H groups in total. The van der Waals surface area contributed by atoms with E-state index in [1.165, 1.54) is 12.3 Å². The van der Waals surface area contributed by atoms with Crippen molar-refractivity contribution in [2.75, 3.05) is 0 Å². The van der Waals surface area contributed by atoms with E-state index in [1.54, 1.807) is 20.8 Å². The van der Waals surface area contributed by atoms with E-state index in [9.17, 15) is 10.2 Å². The second-order valence-corrected chi connectivity index (χ2v) is 6.50. The van der Waals surface area contributed by atoms with Crippen molar-refractivity contribution >= 4 is 17.7 Å². The Morgan fingerprint density at radius 2 is 1.62 bits per heavy atom. The van der Waals surface area contributed by atoms with Crippen molar-refractivity contribution in [2.24, 2.45) is 9.98 Å². The summed E-state index contributed by atoms with van der Waals surface area (Å²) in [7, 11) is 0. The van der Waals surface area contributed by atoms with Crippen LogP contribution in [0.15, 0.2) is 22.2 Å². The van der Waals surface area contributed by atoms with Gasteiger partial charge >= 0.3 is 56.6 Å². The first-order valence-electron chi connectivity index (χ1n) is 6.56. The Kier molecular flexibility index (Phi) is 13.4. The van der Waals surface area contributed by atoms with E-state index in [4.69, 9.17) is 4.74 Å². The molecule has 0 saturated heterocycles. The zero-order valence-corrected chi connectivity index (χ0v) is 16.2. The number of hydrogen-bond donors (Lipinski definition) is 0. The predicted molar refractivity (Wildman–Crippen MR) is 77.3 cm³/mol. The SMILES string of the molecule is CC(C)(C)N=C([O-])c1[c-]cc(N=C([O-])OC(C)(C)C)cn1.[Li+].[Li+].[Li+]. The molecule has 0 unspecified atom stereocenters. The summed E-state index contributed by atoms with van der Waals surface area (Å²) in [4.78, 5) is 11.6. The van der Waals surface area contributed by atoms with Crippen LogP contribution in [0.3, 0.4) is 0 Å². The molecular formula is C15H20Li3N3O3. The van der Waals surface area contributed by atoms with Crippen LogP contribution in [0.25, 0.3) is 0 Å². The van der Waals surface area contributed by atoms with Crippen molar-refractivity contribution in [1.29, 1.82) is 0 Å². The Morgan fingerprint density at radius 1 is 1.08 bits per heavy atom. The Balaban J connectivity index is -0.00000147. The molecule has 1 rings (SSSR count). The van der Waals surface area contributed by atoms with Crippen LogP contribution in [-0.4, -0.2) is 28.1 Å². The maximum atomic E-state index is 11.8. The normalized spacial score (nSPS) is 12.4. The Hall–Kier alpha value is -0.318. The number of aliphatic imine (C=N–C) groups is 2. The average Bonchev–Trinajstić information content (AvgIpc) is 2.24. The third-order valence-electron chi connectivity index (χ3n) is 1.94. The molecular weight excluding hydrogens is 291 g/mol. The Bertz CT molecular complexity index is 548. The Labute approximate surface area is 180 Å². The van der Waals surface area contributed by atoms with Gasteiger partial charge in [-0.2, -0.15) is 6.07 Å². The van der Waals surface area contributed by atoms with Crippen LogP contribution in [0.1, 0.15) is 47.2 Å². The molecule has 1 aromatic rings. The minimum absolute atomic E-state index is 0. The van der Waals surface area contributed by atoms with Gasteiger partial charge < -0.3 is 19.9 Å². The van der Waals surface area contributed by atoms with Crippen LogP contribution >= 0.6 is 0 Å². The third kappa shape index (κ3) is 12.1. The van der Waals surface area contributed by atoms with E-state index in [1.807, 2.05) is 20.8 Å². The number of pyridine rings is 1. The van der Waals surface area contributed by atoms with Crippen LogP contribution in [-0.2, 0) is 4.74 Å². The number of hydrogen-bond acceptors (Lipinski definition) is 6. The van der Waals surface area contributed by atoms with Crippen LogP contribution in [0.5, 0.6) is 0 Å². The van der Waals surface area contributed by atoms with Gasteiger partial charge in [0.2, 0.25) is 0 Å². The predicted octanol–water partition coefficient (Wildman–Crippen LogP) is -8.04. The molecule has 1 heterocycles. The fourth-order valence-corrected chi connectivity index (χ4v) is 1.27. The molecule has 0 spiro atoms. The molecule has 0 aliphatic carbocycles. The van der Waals surface area contributed by atoms with Crippen LogP contribution < -0.4 is 66.8 Å². The first-order chi connectivity index (χ1) is 9.46. The summed E-state index contributed by atoms with van der Waals surface area (Å²) in [5.74, 6) is -0.452. The summed E-state index contributed by atoms with van der Waals surface area (Å²) < 4.78 is 5.05. The third-order valence-corrected chi connectivity index (χ3v) is 1.94. The van der Waals surface area contributed by atoms with E-state index >= 15 is 0 Å². The standard InChI is InChI=1S/C15H22N3O3.3Li/c1-14(2,3)18-12(19)11-8-7-10(9-16-11)17-13(20)21-15(4,5)6;;;/h7,9H,1-6H3,(H,17,20)(H,18,19);;;/q-1;3*+1/p-2. The number of aromatic nitrogens is 1. The van der Waals surface area contributed by atoms with Crippen molar-refractivity contribution in [2.45, 2.75) is 52.7 Å². The molecule has 0 aromatic carbocycles. The average molecular weight is 311 g/mol. The summed E-state index contributed by atoms with van der Waals surface area (Å²) in [6.07, 6.45) is 0.599. The van der Waals surface area contributed by atoms with Gasteiger partial charge in [-0.05, 0) is 38.3 Å². The van der Waals surface area contributed by atoms with Crippen molar-refractivity contribution in [3.05, 3.63) is 24.0 Å². The van der Waals surface area contributed by atoms with E-state index in [2.05, 4.69) is 21.0 Å². The fraction of sp³-hybridized carbons (Fsp3) is 0.533. The maximum Gasteiger partial charge on any atom is 1.00 e. The molecule has 0 atom stereocenters. The molecule has 0 bridgehead atoms. The van der Waals surface area contributed by atoms with Crippen molar-refractivity contribution in [1.82, 2.24) is 4.98 Å². The topological polar surface area (TPSA) is 93.0 Å². The first kappa shape index (κ1) is 28.5. The summed E-state index contributed by atoms with van der Waals surface area (Å²) in [5.41, 5.74) is -0.726. The van der Waals surface area contributed by atoms with Crippen molar-refractivity contribution in [3.63, 3.8) is 0 Å². The van der Waals surface area contributed by atoms with E-state index in [0.29, 0.717) is 0 Å². The molecule has 116 valence electrons. The van der Waals surface area contributed by atoms with Crippen LogP contribution in [0.2, 0.25) is 0 Å². The quantitative estimate of drug-likeness (QED) is 0.235. The molecule has 0 aliphatic rings. The van der Waals surface area contributed by atoms with Gasteiger partial charge in [-0.1, -0.05) is 20.8 Å². The zero-order valence-electron chi connectivity index (χ0n) is 16.2. The van der Waals surface area contributed by atoms with Gasteiger partial charge in [0.15, 0.2) is 0 Å². The molecule has 6 nitrogen and oxygen atoms in total. The van der Waals surface area contributed by atoms with Crippen molar-refractivity contribution in [3.8, 4) is 0 Å². The summed E-state index contributed by atoms with van der Waals surface area (Å²) in [6, 6.07) is 4.08. The molecule has 0 aliphatic heterocycles.